The number of allylic oxidation sites excluding steroid dienone is 1. The maximum atomic E-state index is 13.3. The fourth-order valence-corrected chi connectivity index (χ4v) is 4.29. The van der Waals surface area contributed by atoms with Crippen LogP contribution in [0.1, 0.15) is 46.4 Å². The van der Waals surface area contributed by atoms with Gasteiger partial charge in [-0.1, -0.05) is 30.3 Å². The van der Waals surface area contributed by atoms with Crippen molar-refractivity contribution < 1.29 is 19.2 Å². The van der Waals surface area contributed by atoms with E-state index in [9.17, 15) is 19.7 Å². The fraction of sp³-hybridized carbons (Fsp3) is 0.259. The molecule has 0 N–H and O–H groups in total. The van der Waals surface area contributed by atoms with Crippen molar-refractivity contribution in [3.63, 3.8) is 0 Å². The number of carbonyl (C=O) groups excluding carboxylic acids is 2. The number of nitrogens with zero attached hydrogens (tertiary/aromatic N) is 4. The van der Waals surface area contributed by atoms with Crippen LogP contribution in [0.2, 0.25) is 0 Å². The number of amides is 1. The van der Waals surface area contributed by atoms with E-state index >= 15 is 0 Å². The summed E-state index contributed by atoms with van der Waals surface area (Å²) in [5.74, 6) is -0.999. The number of hydrogen-bond acceptors (Lipinski definition) is 7. The zero-order chi connectivity index (χ0) is 25.7. The molecule has 4 rings (SSSR count). The van der Waals surface area contributed by atoms with E-state index in [1.165, 1.54) is 17.0 Å². The first kappa shape index (κ1) is 24.5. The number of fused-ring (bicyclic) bond motifs is 2. The highest BCUT2D eigenvalue weighted by molar-refractivity contribution is 6.07. The minimum absolute atomic E-state index is 0.000486. The maximum Gasteiger partial charge on any atom is 0.339 e. The number of benzene rings is 2. The van der Waals surface area contributed by atoms with Crippen molar-refractivity contribution in [1.29, 1.82) is 5.26 Å². The molecule has 0 bridgehead atoms. The molecule has 1 aromatic heterocycles. The van der Waals surface area contributed by atoms with Crippen molar-refractivity contribution in [1.82, 2.24) is 9.88 Å². The van der Waals surface area contributed by atoms with E-state index in [1.54, 1.807) is 25.2 Å². The average molecular weight is 485 g/mol. The number of carbonyl (C=O) groups is 2. The molecule has 0 saturated heterocycles. The first-order valence-electron chi connectivity index (χ1n) is 11.5. The van der Waals surface area contributed by atoms with E-state index in [4.69, 9.17) is 15.0 Å². The molecular formula is C27H24N4O5. The molecule has 0 saturated carbocycles. The highest BCUT2D eigenvalue weighted by Crippen LogP contribution is 2.36. The van der Waals surface area contributed by atoms with Gasteiger partial charge in [-0.3, -0.25) is 14.9 Å². The summed E-state index contributed by atoms with van der Waals surface area (Å²) in [4.78, 5) is 42.6. The van der Waals surface area contributed by atoms with Crippen molar-refractivity contribution in [2.24, 2.45) is 0 Å². The second-order valence-corrected chi connectivity index (χ2v) is 8.51. The number of likely N-dealkylation sites (N-methyl/N-ethyl adjacent to an activating group) is 1. The van der Waals surface area contributed by atoms with Crippen LogP contribution in [0.3, 0.4) is 0 Å². The van der Waals surface area contributed by atoms with Crippen LogP contribution in [0.4, 0.5) is 5.69 Å². The van der Waals surface area contributed by atoms with Crippen LogP contribution < -0.4 is 0 Å². The van der Waals surface area contributed by atoms with E-state index < -0.39 is 23.4 Å². The van der Waals surface area contributed by atoms with Gasteiger partial charge in [-0.05, 0) is 48.1 Å². The predicted molar refractivity (Wildman–Crippen MR) is 134 cm³/mol. The third-order valence-electron chi connectivity index (χ3n) is 6.11. The molecule has 1 heterocycles. The third-order valence-corrected chi connectivity index (χ3v) is 6.11. The molecule has 1 aliphatic carbocycles. The van der Waals surface area contributed by atoms with Crippen LogP contribution in [0.25, 0.3) is 22.6 Å². The average Bonchev–Trinajstić information content (AvgIpc) is 2.89. The van der Waals surface area contributed by atoms with E-state index in [2.05, 4.69) is 0 Å². The van der Waals surface area contributed by atoms with Gasteiger partial charge in [0, 0.05) is 31.1 Å². The van der Waals surface area contributed by atoms with Crippen molar-refractivity contribution >= 4 is 40.1 Å². The Labute approximate surface area is 207 Å². The Balaban J connectivity index is 1.72. The molecule has 0 spiro atoms. The van der Waals surface area contributed by atoms with Crippen LogP contribution in [0, 0.1) is 21.4 Å². The number of ether oxygens (including phenoxy) is 1. The monoisotopic (exact) mass is 484 g/mol. The molecule has 0 unspecified atom stereocenters. The van der Waals surface area contributed by atoms with Gasteiger partial charge in [0.1, 0.15) is 0 Å². The topological polar surface area (TPSA) is 126 Å². The van der Waals surface area contributed by atoms with Crippen LogP contribution in [0.15, 0.2) is 48.5 Å². The Morgan fingerprint density at radius 2 is 2.03 bits per heavy atom. The molecule has 0 atom stereocenters. The van der Waals surface area contributed by atoms with Gasteiger partial charge in [0.15, 0.2) is 6.61 Å². The lowest BCUT2D eigenvalue weighted by Crippen LogP contribution is -2.32. The molecule has 182 valence electrons. The smallest absolute Gasteiger partial charge is 0.339 e. The Morgan fingerprint density at radius 3 is 2.81 bits per heavy atom. The van der Waals surface area contributed by atoms with E-state index in [1.807, 2.05) is 30.3 Å². The second kappa shape index (κ2) is 10.8. The van der Waals surface area contributed by atoms with Gasteiger partial charge in [-0.25, -0.2) is 9.78 Å². The highest BCUT2D eigenvalue weighted by Gasteiger charge is 2.26. The molecule has 1 amide bonds. The first-order valence-corrected chi connectivity index (χ1v) is 11.5. The van der Waals surface area contributed by atoms with Crippen molar-refractivity contribution in [2.75, 3.05) is 20.2 Å². The molecular weight excluding hydrogens is 460 g/mol. The lowest BCUT2D eigenvalue weighted by molar-refractivity contribution is -0.384. The Kier molecular flexibility index (Phi) is 7.35. The predicted octanol–water partition coefficient (Wildman–Crippen LogP) is 4.55. The zero-order valence-corrected chi connectivity index (χ0v) is 19.8. The van der Waals surface area contributed by atoms with E-state index in [0.717, 1.165) is 17.6 Å². The lowest BCUT2D eigenvalue weighted by atomic mass is 9.86. The minimum atomic E-state index is -0.608. The number of nitro groups is 1. The number of pyridine rings is 1. The summed E-state index contributed by atoms with van der Waals surface area (Å²) >= 11 is 0. The van der Waals surface area contributed by atoms with Gasteiger partial charge in [0.05, 0.1) is 34.2 Å². The molecule has 3 aromatic rings. The summed E-state index contributed by atoms with van der Waals surface area (Å²) in [6, 6.07) is 15.6. The Hall–Kier alpha value is -4.58. The number of esters is 1. The summed E-state index contributed by atoms with van der Waals surface area (Å²) in [7, 11) is 1.56. The molecule has 0 aliphatic heterocycles. The molecule has 0 fully saturated rings. The van der Waals surface area contributed by atoms with Crippen molar-refractivity contribution in [3.05, 3.63) is 81.0 Å². The third kappa shape index (κ3) is 5.23. The molecule has 9 heteroatoms. The molecule has 1 aliphatic rings. The summed E-state index contributed by atoms with van der Waals surface area (Å²) in [5.41, 5.74) is 3.96. The Morgan fingerprint density at radius 1 is 1.22 bits per heavy atom. The Bertz CT molecular complexity index is 1420. The van der Waals surface area contributed by atoms with E-state index in [-0.39, 0.29) is 18.7 Å². The molecule has 2 aromatic carbocycles. The second-order valence-electron chi connectivity index (χ2n) is 8.51. The highest BCUT2D eigenvalue weighted by atomic mass is 16.6. The summed E-state index contributed by atoms with van der Waals surface area (Å²) < 4.78 is 5.43. The van der Waals surface area contributed by atoms with Gasteiger partial charge in [-0.15, -0.1) is 0 Å². The molecule has 0 radical (unpaired) electrons. The minimum Gasteiger partial charge on any atom is -0.452 e. The fourth-order valence-electron chi connectivity index (χ4n) is 4.29. The number of nitro benzene ring substituents is 1. The standard InChI is InChI=1S/C27H24N4O5/c1-30(14-6-13-28)24(32)17-36-27(33)25-21-10-2-3-12-23(21)29-26-19(8-5-11-22(25)26)15-18-7-4-9-20(16-18)31(34)35/h2-4,7,9-10,12,15-16H,5-6,8,11,14,17H2,1H3/b19-15+. The largest absolute Gasteiger partial charge is 0.452 e. The van der Waals surface area contributed by atoms with Gasteiger partial charge >= 0.3 is 5.97 Å². The lowest BCUT2D eigenvalue weighted by Gasteiger charge is -2.22. The van der Waals surface area contributed by atoms with Gasteiger partial charge in [-0.2, -0.15) is 5.26 Å². The SMILES string of the molecule is CN(CCC#N)C(=O)COC(=O)c1c2c(nc3ccccc13)/C(=C/c1cccc([N+](=O)[O-])c1)CCC2. The first-order chi connectivity index (χ1) is 17.4. The van der Waals surface area contributed by atoms with E-state index in [0.29, 0.717) is 40.6 Å². The van der Waals surface area contributed by atoms with Crippen LogP contribution in [-0.2, 0) is 16.0 Å². The van der Waals surface area contributed by atoms with Crippen LogP contribution in [-0.4, -0.2) is 46.9 Å². The quantitative estimate of drug-likeness (QED) is 0.273. The van der Waals surface area contributed by atoms with Crippen molar-refractivity contribution in [3.8, 4) is 6.07 Å². The summed E-state index contributed by atoms with van der Waals surface area (Å²) in [6.07, 6.45) is 4.15. The maximum absolute atomic E-state index is 13.3. The van der Waals surface area contributed by atoms with Gasteiger partial charge in [0.25, 0.3) is 11.6 Å². The van der Waals surface area contributed by atoms with Crippen molar-refractivity contribution in [2.45, 2.75) is 25.7 Å². The molecule has 9 nitrogen and oxygen atoms in total. The number of hydrogen-bond donors (Lipinski definition) is 0. The number of para-hydroxylation sites is 1. The van der Waals surface area contributed by atoms with Gasteiger partial charge in [0.2, 0.25) is 0 Å². The molecule has 36 heavy (non-hydrogen) atoms. The summed E-state index contributed by atoms with van der Waals surface area (Å²) in [6.45, 7) is -0.172. The van der Waals surface area contributed by atoms with Crippen LogP contribution in [0.5, 0.6) is 0 Å². The number of rotatable bonds is 7. The van der Waals surface area contributed by atoms with Crippen LogP contribution >= 0.6 is 0 Å². The number of aromatic nitrogens is 1. The normalized spacial score (nSPS) is 13.6. The number of nitriles is 1. The van der Waals surface area contributed by atoms with Gasteiger partial charge < -0.3 is 9.64 Å². The summed E-state index contributed by atoms with van der Waals surface area (Å²) in [5, 5.41) is 20.6. The zero-order valence-electron chi connectivity index (χ0n) is 19.8. The number of non-ortho nitro benzene ring substituents is 1.